The number of ether oxygens (including phenoxy) is 2. The number of hydrogen-bond acceptors (Lipinski definition) is 5. The zero-order valence-electron chi connectivity index (χ0n) is 21.3. The van der Waals surface area contributed by atoms with E-state index in [0.717, 1.165) is 30.4 Å². The number of allylic oxidation sites excluding steroid dienone is 2. The summed E-state index contributed by atoms with van der Waals surface area (Å²) < 4.78 is 10.8. The maximum Gasteiger partial charge on any atom is 0.247 e. The molecular weight excluding hydrogens is 466 g/mol. The van der Waals surface area contributed by atoms with Crippen LogP contribution in [0.4, 0.5) is 5.69 Å². The molecule has 4 rings (SSSR count). The molecule has 0 bridgehead atoms. The van der Waals surface area contributed by atoms with Crippen molar-refractivity contribution in [1.29, 1.82) is 0 Å². The van der Waals surface area contributed by atoms with E-state index >= 15 is 0 Å². The molecule has 7 heteroatoms. The van der Waals surface area contributed by atoms with Gasteiger partial charge in [0.05, 0.1) is 26.3 Å². The molecule has 0 unspecified atom stereocenters. The largest absolute Gasteiger partial charge is 0.497 e. The Labute approximate surface area is 218 Å². The lowest BCUT2D eigenvalue weighted by Crippen LogP contribution is -2.51. The number of pyridine rings is 1. The number of amides is 2. The van der Waals surface area contributed by atoms with Gasteiger partial charge in [0.25, 0.3) is 0 Å². The summed E-state index contributed by atoms with van der Waals surface area (Å²) >= 11 is 0. The Balaban J connectivity index is 1.69. The van der Waals surface area contributed by atoms with E-state index in [1.165, 1.54) is 0 Å². The zero-order valence-corrected chi connectivity index (χ0v) is 21.3. The lowest BCUT2D eigenvalue weighted by molar-refractivity contribution is -0.141. The van der Waals surface area contributed by atoms with Crippen LogP contribution in [0.3, 0.4) is 0 Å². The molecule has 192 valence electrons. The summed E-state index contributed by atoms with van der Waals surface area (Å²) in [5.41, 5.74) is 2.31. The summed E-state index contributed by atoms with van der Waals surface area (Å²) in [6.07, 6.45) is 10.3. The third-order valence-corrected chi connectivity index (χ3v) is 6.62. The first-order chi connectivity index (χ1) is 18.1. The van der Waals surface area contributed by atoms with Crippen molar-refractivity contribution in [3.05, 3.63) is 96.3 Å². The Hall–Kier alpha value is -4.13. The summed E-state index contributed by atoms with van der Waals surface area (Å²) in [5.74, 6) is 0.746. The van der Waals surface area contributed by atoms with E-state index in [-0.39, 0.29) is 30.7 Å². The Morgan fingerprint density at radius 1 is 1.03 bits per heavy atom. The van der Waals surface area contributed by atoms with Crippen LogP contribution in [0, 0.1) is 5.92 Å². The summed E-state index contributed by atoms with van der Waals surface area (Å²) in [7, 11) is 3.13. The Bertz CT molecular complexity index is 1210. The van der Waals surface area contributed by atoms with Gasteiger partial charge in [-0.2, -0.15) is 0 Å². The molecule has 3 aromatic rings. The molecule has 7 nitrogen and oxygen atoms in total. The lowest BCUT2D eigenvalue weighted by atomic mass is 9.85. The van der Waals surface area contributed by atoms with E-state index in [2.05, 4.69) is 22.5 Å². The summed E-state index contributed by atoms with van der Waals surface area (Å²) in [4.78, 5) is 33.8. The Morgan fingerprint density at radius 3 is 2.51 bits per heavy atom. The second-order valence-corrected chi connectivity index (χ2v) is 9.09. The van der Waals surface area contributed by atoms with Crippen LogP contribution in [0.15, 0.2) is 85.2 Å². The molecule has 1 aliphatic rings. The highest BCUT2D eigenvalue weighted by molar-refractivity contribution is 5.98. The van der Waals surface area contributed by atoms with Crippen LogP contribution < -0.4 is 14.8 Å². The number of carbonyl (C=O) groups excluding carboxylic acids is 2. The van der Waals surface area contributed by atoms with Gasteiger partial charge in [-0.1, -0.05) is 48.6 Å². The van der Waals surface area contributed by atoms with Gasteiger partial charge in [-0.15, -0.1) is 0 Å². The molecule has 0 saturated carbocycles. The first-order valence-corrected chi connectivity index (χ1v) is 12.5. The minimum Gasteiger partial charge on any atom is -0.497 e. The number of anilines is 1. The fourth-order valence-corrected chi connectivity index (χ4v) is 4.72. The van der Waals surface area contributed by atoms with Crippen molar-refractivity contribution in [3.8, 4) is 11.5 Å². The summed E-state index contributed by atoms with van der Waals surface area (Å²) in [5, 5.41) is 3.04. The molecule has 0 radical (unpaired) electrons. The SMILES string of the molecule is COc1ccc(NC(=O)[C@H]([C@@H]2CC=CCC2)N(Cc2cccnc2)C(=O)Cc2ccccc2)c(OC)c1. The minimum atomic E-state index is -0.673. The molecule has 0 spiro atoms. The lowest BCUT2D eigenvalue weighted by Gasteiger charge is -2.37. The molecular formula is C30H33N3O4. The van der Waals surface area contributed by atoms with Gasteiger partial charge in [0.15, 0.2) is 0 Å². The fourth-order valence-electron chi connectivity index (χ4n) is 4.72. The number of aromatic nitrogens is 1. The third-order valence-electron chi connectivity index (χ3n) is 6.62. The van der Waals surface area contributed by atoms with Crippen molar-refractivity contribution < 1.29 is 19.1 Å². The van der Waals surface area contributed by atoms with E-state index in [4.69, 9.17) is 9.47 Å². The highest BCUT2D eigenvalue weighted by Crippen LogP contribution is 2.32. The highest BCUT2D eigenvalue weighted by atomic mass is 16.5. The molecule has 1 heterocycles. The minimum absolute atomic E-state index is 0.0226. The molecule has 0 fully saturated rings. The predicted molar refractivity (Wildman–Crippen MR) is 143 cm³/mol. The van der Waals surface area contributed by atoms with Crippen LogP contribution in [-0.4, -0.2) is 42.0 Å². The maximum atomic E-state index is 14.0. The number of hydrogen-bond donors (Lipinski definition) is 1. The number of rotatable bonds is 10. The van der Waals surface area contributed by atoms with E-state index in [9.17, 15) is 9.59 Å². The van der Waals surface area contributed by atoms with Crippen molar-refractivity contribution in [2.24, 2.45) is 5.92 Å². The Morgan fingerprint density at radius 2 is 1.84 bits per heavy atom. The van der Waals surface area contributed by atoms with Crippen LogP contribution in [0.5, 0.6) is 11.5 Å². The average molecular weight is 500 g/mol. The number of carbonyl (C=O) groups is 2. The molecule has 1 aliphatic carbocycles. The maximum absolute atomic E-state index is 14.0. The number of benzene rings is 2. The number of nitrogens with one attached hydrogen (secondary N) is 1. The quantitative estimate of drug-likeness (QED) is 0.396. The predicted octanol–water partition coefficient (Wildman–Crippen LogP) is 5.03. The fraction of sp³-hybridized carbons (Fsp3) is 0.300. The van der Waals surface area contributed by atoms with Gasteiger partial charge in [0.1, 0.15) is 17.5 Å². The van der Waals surface area contributed by atoms with Crippen LogP contribution in [0.25, 0.3) is 0 Å². The van der Waals surface area contributed by atoms with Crippen LogP contribution in [-0.2, 0) is 22.6 Å². The molecule has 2 aromatic carbocycles. The van der Waals surface area contributed by atoms with Crippen molar-refractivity contribution >= 4 is 17.5 Å². The average Bonchev–Trinajstić information content (AvgIpc) is 2.94. The van der Waals surface area contributed by atoms with Crippen LogP contribution in [0.2, 0.25) is 0 Å². The van der Waals surface area contributed by atoms with E-state index in [0.29, 0.717) is 17.2 Å². The van der Waals surface area contributed by atoms with Gasteiger partial charge in [0.2, 0.25) is 11.8 Å². The van der Waals surface area contributed by atoms with Crippen molar-refractivity contribution in [3.63, 3.8) is 0 Å². The van der Waals surface area contributed by atoms with E-state index < -0.39 is 6.04 Å². The summed E-state index contributed by atoms with van der Waals surface area (Å²) in [6.45, 7) is 0.289. The highest BCUT2D eigenvalue weighted by Gasteiger charge is 2.37. The number of nitrogens with zero attached hydrogens (tertiary/aromatic N) is 2. The molecule has 37 heavy (non-hydrogen) atoms. The first kappa shape index (κ1) is 25.9. The molecule has 2 atom stereocenters. The van der Waals surface area contributed by atoms with Gasteiger partial charge >= 0.3 is 0 Å². The van der Waals surface area contributed by atoms with Gasteiger partial charge in [-0.05, 0) is 54.5 Å². The molecule has 1 aromatic heterocycles. The van der Waals surface area contributed by atoms with Gasteiger partial charge in [-0.3, -0.25) is 14.6 Å². The van der Waals surface area contributed by atoms with Crippen LogP contribution in [0.1, 0.15) is 30.4 Å². The monoisotopic (exact) mass is 499 g/mol. The second kappa shape index (κ2) is 12.7. The van der Waals surface area contributed by atoms with Crippen molar-refractivity contribution in [2.75, 3.05) is 19.5 Å². The van der Waals surface area contributed by atoms with Crippen LogP contribution >= 0.6 is 0 Å². The van der Waals surface area contributed by atoms with Gasteiger partial charge < -0.3 is 19.7 Å². The van der Waals surface area contributed by atoms with Gasteiger partial charge in [0, 0.05) is 25.0 Å². The molecule has 1 N–H and O–H groups in total. The first-order valence-electron chi connectivity index (χ1n) is 12.5. The third kappa shape index (κ3) is 6.76. The van der Waals surface area contributed by atoms with Crippen molar-refractivity contribution in [2.45, 2.75) is 38.3 Å². The Kier molecular flexibility index (Phi) is 8.92. The smallest absolute Gasteiger partial charge is 0.247 e. The van der Waals surface area contributed by atoms with Crippen molar-refractivity contribution in [1.82, 2.24) is 9.88 Å². The topological polar surface area (TPSA) is 80.8 Å². The van der Waals surface area contributed by atoms with E-state index in [1.807, 2.05) is 42.5 Å². The summed E-state index contributed by atoms with van der Waals surface area (Å²) in [6, 6.07) is 18.0. The number of methoxy groups -OCH3 is 2. The molecule has 2 amide bonds. The van der Waals surface area contributed by atoms with Gasteiger partial charge in [-0.25, -0.2) is 0 Å². The molecule has 0 aliphatic heterocycles. The molecule has 0 saturated heterocycles. The normalized spacial score (nSPS) is 15.5. The zero-order chi connectivity index (χ0) is 26.0. The standard InChI is InChI=1S/C30H33N3O4/c1-36-25-15-16-26(27(19-25)37-2)32-30(35)29(24-13-7-4-8-14-24)33(21-23-12-9-17-31-20-23)28(34)18-22-10-5-3-6-11-22/h3-7,9-12,15-17,19-20,24,29H,8,13-14,18,21H2,1-2H3,(H,32,35)/t24-,29+/m1/s1. The second-order valence-electron chi connectivity index (χ2n) is 9.09. The van der Waals surface area contributed by atoms with E-state index in [1.54, 1.807) is 49.7 Å².